The number of nitrogens with zero attached hydrogens (tertiary/aromatic N) is 1. The number of carbonyl (C=O) groups is 1. The van der Waals surface area contributed by atoms with Gasteiger partial charge in [-0.3, -0.25) is 9.69 Å². The fourth-order valence-electron chi connectivity index (χ4n) is 5.96. The molecule has 5 nitrogen and oxygen atoms in total. The maximum absolute atomic E-state index is 15.7. The van der Waals surface area contributed by atoms with Crippen molar-refractivity contribution >= 4 is 5.91 Å². The van der Waals surface area contributed by atoms with E-state index in [1.54, 1.807) is 6.07 Å². The fourth-order valence-corrected chi connectivity index (χ4v) is 5.96. The number of ether oxygens (including phenoxy) is 2. The van der Waals surface area contributed by atoms with Crippen molar-refractivity contribution in [1.29, 1.82) is 0 Å². The second kappa shape index (κ2) is 11.1. The van der Waals surface area contributed by atoms with E-state index < -0.39 is 11.7 Å². The molecule has 0 radical (unpaired) electrons. The molecule has 2 aliphatic heterocycles. The van der Waals surface area contributed by atoms with Gasteiger partial charge in [-0.05, 0) is 92.8 Å². The van der Waals surface area contributed by atoms with E-state index in [1.807, 2.05) is 0 Å². The summed E-state index contributed by atoms with van der Waals surface area (Å²) in [7, 11) is 0. The van der Waals surface area contributed by atoms with E-state index in [2.05, 4.69) is 23.1 Å². The van der Waals surface area contributed by atoms with Crippen molar-refractivity contribution in [2.45, 2.75) is 76.4 Å². The second-order valence-corrected chi connectivity index (χ2v) is 10.4. The van der Waals surface area contributed by atoms with Crippen molar-refractivity contribution in [3.63, 3.8) is 0 Å². The van der Waals surface area contributed by atoms with Gasteiger partial charge in [0.05, 0.1) is 6.10 Å². The Morgan fingerprint density at radius 2 is 1.89 bits per heavy atom. The van der Waals surface area contributed by atoms with E-state index in [-0.39, 0.29) is 23.3 Å². The third-order valence-electron chi connectivity index (χ3n) is 7.87. The summed E-state index contributed by atoms with van der Waals surface area (Å²) in [5.41, 5.74) is 10.3. The van der Waals surface area contributed by atoms with Crippen LogP contribution in [0.2, 0.25) is 0 Å². The third-order valence-corrected chi connectivity index (χ3v) is 7.87. The van der Waals surface area contributed by atoms with Crippen LogP contribution in [-0.2, 0) is 24.1 Å². The number of halogens is 1. The smallest absolute Gasteiger partial charge is 0.249 e. The number of amides is 1. The van der Waals surface area contributed by atoms with E-state index in [0.717, 1.165) is 38.8 Å². The summed E-state index contributed by atoms with van der Waals surface area (Å²) < 4.78 is 27.1. The number of fused-ring (bicyclic) bond motifs is 1. The zero-order valence-corrected chi connectivity index (χ0v) is 20.6. The number of rotatable bonds is 7. The number of hydrogen-bond donors (Lipinski definition) is 1. The summed E-state index contributed by atoms with van der Waals surface area (Å²) in [6.07, 6.45) is 9.53. The van der Waals surface area contributed by atoms with Gasteiger partial charge in [0.25, 0.3) is 0 Å². The highest BCUT2D eigenvalue weighted by Gasteiger charge is 2.29. The van der Waals surface area contributed by atoms with Gasteiger partial charge in [0.15, 0.2) is 11.6 Å². The fraction of sp³-hybridized carbons (Fsp3) is 0.552. The van der Waals surface area contributed by atoms with Crippen molar-refractivity contribution in [2.24, 2.45) is 5.73 Å². The van der Waals surface area contributed by atoms with Crippen molar-refractivity contribution < 1.29 is 18.7 Å². The third kappa shape index (κ3) is 5.70. The van der Waals surface area contributed by atoms with Crippen LogP contribution in [0.3, 0.4) is 0 Å². The summed E-state index contributed by atoms with van der Waals surface area (Å²) in [5.74, 6) is -0.972. The van der Waals surface area contributed by atoms with Crippen LogP contribution in [0.1, 0.15) is 83.5 Å². The van der Waals surface area contributed by atoms with Crippen LogP contribution in [0.4, 0.5) is 4.39 Å². The number of benzene rings is 2. The molecule has 0 unspecified atom stereocenters. The van der Waals surface area contributed by atoms with E-state index >= 15 is 4.39 Å². The molecule has 5 rings (SSSR count). The zero-order chi connectivity index (χ0) is 24.2. The highest BCUT2D eigenvalue weighted by atomic mass is 19.1. The normalized spacial score (nSPS) is 23.0. The first-order valence-electron chi connectivity index (χ1n) is 13.3. The van der Waals surface area contributed by atoms with Crippen LogP contribution < -0.4 is 10.5 Å². The molecule has 6 heteroatoms. The molecule has 2 aromatic rings. The van der Waals surface area contributed by atoms with Gasteiger partial charge in [0, 0.05) is 24.3 Å². The van der Waals surface area contributed by atoms with Gasteiger partial charge in [-0.1, -0.05) is 31.0 Å². The predicted molar refractivity (Wildman–Crippen MR) is 134 cm³/mol. The number of hydrogen-bond acceptors (Lipinski definition) is 4. The molecular formula is C29H37FN2O3. The Hall–Kier alpha value is -2.44. The molecule has 35 heavy (non-hydrogen) atoms. The van der Waals surface area contributed by atoms with Crippen LogP contribution in [0, 0.1) is 5.82 Å². The minimum absolute atomic E-state index is 0.00117. The maximum Gasteiger partial charge on any atom is 0.249 e. The first kappa shape index (κ1) is 24.3. The molecule has 3 aliphatic rings. The lowest BCUT2D eigenvalue weighted by atomic mass is 9.78. The van der Waals surface area contributed by atoms with Crippen LogP contribution in [0.5, 0.6) is 5.75 Å². The maximum atomic E-state index is 15.7. The molecule has 0 saturated carbocycles. The van der Waals surface area contributed by atoms with E-state index in [9.17, 15) is 4.79 Å². The van der Waals surface area contributed by atoms with Crippen molar-refractivity contribution in [3.05, 3.63) is 64.0 Å². The topological polar surface area (TPSA) is 64.8 Å². The molecule has 188 valence electrons. The molecule has 2 aromatic carbocycles. The average molecular weight is 481 g/mol. The molecule has 1 aliphatic carbocycles. The zero-order valence-electron chi connectivity index (χ0n) is 20.6. The molecule has 0 spiro atoms. The molecule has 0 aromatic heterocycles. The van der Waals surface area contributed by atoms with Crippen LogP contribution in [-0.4, -0.2) is 43.2 Å². The quantitative estimate of drug-likeness (QED) is 0.597. The monoisotopic (exact) mass is 480 g/mol. The van der Waals surface area contributed by atoms with Crippen LogP contribution in [0.25, 0.3) is 0 Å². The Morgan fingerprint density at radius 1 is 1.06 bits per heavy atom. The molecule has 2 atom stereocenters. The van der Waals surface area contributed by atoms with Gasteiger partial charge in [-0.2, -0.15) is 0 Å². The molecular weight excluding hydrogens is 443 g/mol. The Bertz CT molecular complexity index is 1040. The lowest BCUT2D eigenvalue weighted by molar-refractivity contribution is 0.0664. The van der Waals surface area contributed by atoms with Crippen molar-refractivity contribution in [3.8, 4) is 5.75 Å². The number of nitrogens with two attached hydrogens (primary N) is 1. The molecule has 2 saturated heterocycles. The lowest BCUT2D eigenvalue weighted by Crippen LogP contribution is -2.24. The lowest BCUT2D eigenvalue weighted by Gasteiger charge is -2.28. The number of likely N-dealkylation sites (tertiary alicyclic amines) is 1. The largest absolute Gasteiger partial charge is 0.488 e. The highest BCUT2D eigenvalue weighted by molar-refractivity contribution is 5.94. The van der Waals surface area contributed by atoms with Gasteiger partial charge >= 0.3 is 0 Å². The summed E-state index contributed by atoms with van der Waals surface area (Å²) >= 11 is 0. The summed E-state index contributed by atoms with van der Waals surface area (Å²) in [6, 6.07) is 9.90. The Morgan fingerprint density at radius 3 is 2.63 bits per heavy atom. The van der Waals surface area contributed by atoms with Gasteiger partial charge in [-0.15, -0.1) is 0 Å². The van der Waals surface area contributed by atoms with Gasteiger partial charge in [0.2, 0.25) is 5.91 Å². The van der Waals surface area contributed by atoms with Gasteiger partial charge in [-0.25, -0.2) is 4.39 Å². The van der Waals surface area contributed by atoms with E-state index in [4.69, 9.17) is 15.2 Å². The Balaban J connectivity index is 1.33. The Labute approximate surface area is 207 Å². The number of aryl methyl sites for hydroxylation is 1. The number of carbonyl (C=O) groups excluding carboxylic acids is 1. The summed E-state index contributed by atoms with van der Waals surface area (Å²) in [6.45, 7) is 4.41. The minimum atomic E-state index is -0.594. The summed E-state index contributed by atoms with van der Waals surface area (Å²) in [5, 5.41) is 0. The van der Waals surface area contributed by atoms with Gasteiger partial charge in [0.1, 0.15) is 6.61 Å². The molecule has 1 amide bonds. The average Bonchev–Trinajstić information content (AvgIpc) is 3.25. The molecule has 2 fully saturated rings. The number of primary amides is 1. The van der Waals surface area contributed by atoms with E-state index in [0.29, 0.717) is 18.6 Å². The second-order valence-electron chi connectivity index (χ2n) is 10.4. The summed E-state index contributed by atoms with van der Waals surface area (Å²) in [4.78, 5) is 14.8. The molecule has 2 N–H and O–H groups in total. The molecule has 2 heterocycles. The van der Waals surface area contributed by atoms with Crippen LogP contribution in [0.15, 0.2) is 30.3 Å². The first-order chi connectivity index (χ1) is 17.1. The van der Waals surface area contributed by atoms with Gasteiger partial charge < -0.3 is 15.2 Å². The van der Waals surface area contributed by atoms with Crippen molar-refractivity contribution in [2.75, 3.05) is 26.3 Å². The predicted octanol–water partition coefficient (Wildman–Crippen LogP) is 5.13. The van der Waals surface area contributed by atoms with E-state index in [1.165, 1.54) is 61.5 Å². The highest BCUT2D eigenvalue weighted by Crippen LogP contribution is 2.38. The van der Waals surface area contributed by atoms with Crippen LogP contribution >= 0.6 is 0 Å². The molecule has 0 bridgehead atoms. The first-order valence-corrected chi connectivity index (χ1v) is 13.3. The Kier molecular flexibility index (Phi) is 7.69. The van der Waals surface area contributed by atoms with Crippen molar-refractivity contribution in [1.82, 2.24) is 4.90 Å². The standard InChI is InChI=1S/C29H37FN2O3/c30-28-26(35-19-24-6-5-15-34-24)12-11-25(29(31)33)27(28)23-10-9-21-16-20(7-8-22(21)17-23)18-32-13-3-1-2-4-14-32/h7-8,11-12,16,23-24H,1-6,9-10,13-15,17-19H2,(H2,31,33)/t23-,24-/m0/s1. The minimum Gasteiger partial charge on any atom is -0.488 e. The SMILES string of the molecule is NC(=O)c1ccc(OC[C@@H]2CCCO2)c(F)c1[C@H]1CCc2cc(CN3CCCCCC3)ccc2C1.